The lowest BCUT2D eigenvalue weighted by Gasteiger charge is -2.16. The molecule has 0 bridgehead atoms. The van der Waals surface area contributed by atoms with E-state index in [9.17, 15) is 18.9 Å². The maximum atomic E-state index is 13.4. The number of nitro groups is 1. The van der Waals surface area contributed by atoms with Crippen molar-refractivity contribution in [1.82, 2.24) is 0 Å². The third-order valence-corrected chi connectivity index (χ3v) is 4.12. The van der Waals surface area contributed by atoms with Gasteiger partial charge in [-0.15, -0.1) is 0 Å². The number of benzene rings is 3. The molecule has 0 saturated carbocycles. The summed E-state index contributed by atoms with van der Waals surface area (Å²) in [5, 5.41) is 11.9. The molecule has 0 aromatic heterocycles. The van der Waals surface area contributed by atoms with Crippen LogP contribution in [0.4, 0.5) is 14.5 Å². The van der Waals surface area contributed by atoms with Crippen molar-refractivity contribution in [3.8, 4) is 33.8 Å². The zero-order valence-corrected chi connectivity index (χ0v) is 14.5. The molecule has 0 saturated heterocycles. The number of hydrogen-bond acceptors (Lipinski definition) is 4. The van der Waals surface area contributed by atoms with Crippen LogP contribution in [-0.2, 0) is 0 Å². The van der Waals surface area contributed by atoms with E-state index in [0.29, 0.717) is 16.7 Å². The van der Waals surface area contributed by atoms with Crippen molar-refractivity contribution in [2.24, 2.45) is 0 Å². The van der Waals surface area contributed by atoms with Crippen LogP contribution in [0, 0.1) is 21.7 Å². The number of halogens is 2. The SMILES string of the molecule is COc1cc(-c2ccc(F)cc2)c(-c2ccc(F)cc2)c([N+](=O)[O-])c1OC. The highest BCUT2D eigenvalue weighted by atomic mass is 19.1. The highest BCUT2D eigenvalue weighted by Crippen LogP contribution is 2.49. The van der Waals surface area contributed by atoms with Crippen LogP contribution in [0.15, 0.2) is 54.6 Å². The maximum absolute atomic E-state index is 13.4. The van der Waals surface area contributed by atoms with Gasteiger partial charge in [-0.1, -0.05) is 24.3 Å². The first-order chi connectivity index (χ1) is 13.0. The molecule has 0 aliphatic carbocycles. The van der Waals surface area contributed by atoms with Gasteiger partial charge in [-0.25, -0.2) is 8.78 Å². The Morgan fingerprint density at radius 2 is 1.37 bits per heavy atom. The second kappa shape index (κ2) is 7.41. The first-order valence-corrected chi connectivity index (χ1v) is 7.91. The number of rotatable bonds is 5. The van der Waals surface area contributed by atoms with Crippen LogP contribution in [0.1, 0.15) is 0 Å². The van der Waals surface area contributed by atoms with E-state index in [-0.39, 0.29) is 22.7 Å². The van der Waals surface area contributed by atoms with Crippen molar-refractivity contribution < 1.29 is 23.2 Å². The standard InChI is InChI=1S/C20H15F2NO4/c1-26-17-11-16(12-3-7-14(21)8-4-12)18(13-5-9-15(22)10-6-13)19(23(24)25)20(17)27-2/h3-11H,1-2H3. The van der Waals surface area contributed by atoms with Crippen molar-refractivity contribution in [2.45, 2.75) is 0 Å². The van der Waals surface area contributed by atoms with Crippen molar-refractivity contribution in [3.05, 3.63) is 76.3 Å². The van der Waals surface area contributed by atoms with Gasteiger partial charge in [-0.3, -0.25) is 10.1 Å². The summed E-state index contributed by atoms with van der Waals surface area (Å²) in [5.41, 5.74) is 1.31. The summed E-state index contributed by atoms with van der Waals surface area (Å²) in [6, 6.07) is 12.4. The zero-order chi connectivity index (χ0) is 19.6. The van der Waals surface area contributed by atoms with Gasteiger partial charge in [-0.05, 0) is 41.5 Å². The fourth-order valence-corrected chi connectivity index (χ4v) is 2.92. The molecule has 0 spiro atoms. The molecule has 0 aliphatic heterocycles. The summed E-state index contributed by atoms with van der Waals surface area (Å²) in [4.78, 5) is 11.3. The molecule has 0 radical (unpaired) electrons. The smallest absolute Gasteiger partial charge is 0.323 e. The Balaban J connectivity index is 2.43. The van der Waals surface area contributed by atoms with Crippen molar-refractivity contribution >= 4 is 5.69 Å². The summed E-state index contributed by atoms with van der Waals surface area (Å²) in [6.45, 7) is 0. The average Bonchev–Trinajstić information content (AvgIpc) is 2.67. The Labute approximate surface area is 153 Å². The number of nitro benzene ring substituents is 1. The predicted octanol–water partition coefficient (Wildman–Crippen LogP) is 5.22. The number of ether oxygens (including phenoxy) is 2. The largest absolute Gasteiger partial charge is 0.493 e. The van der Waals surface area contributed by atoms with Gasteiger partial charge in [0.1, 0.15) is 11.6 Å². The highest BCUT2D eigenvalue weighted by Gasteiger charge is 2.30. The molecule has 27 heavy (non-hydrogen) atoms. The Kier molecular flexibility index (Phi) is 5.03. The van der Waals surface area contributed by atoms with E-state index in [4.69, 9.17) is 9.47 Å². The summed E-state index contributed by atoms with van der Waals surface area (Å²) in [7, 11) is 2.67. The number of nitrogens with zero attached hydrogens (tertiary/aromatic N) is 1. The Bertz CT molecular complexity index is 986. The van der Waals surface area contributed by atoms with E-state index >= 15 is 0 Å². The topological polar surface area (TPSA) is 61.6 Å². The van der Waals surface area contributed by atoms with Crippen LogP contribution in [-0.4, -0.2) is 19.1 Å². The minimum atomic E-state index is -0.576. The Hall–Kier alpha value is -3.48. The molecular formula is C20H15F2NO4. The van der Waals surface area contributed by atoms with Crippen molar-refractivity contribution in [2.75, 3.05) is 14.2 Å². The van der Waals surface area contributed by atoms with Crippen LogP contribution in [0.2, 0.25) is 0 Å². The number of hydrogen-bond donors (Lipinski definition) is 0. The number of methoxy groups -OCH3 is 2. The lowest BCUT2D eigenvalue weighted by atomic mass is 9.92. The van der Waals surface area contributed by atoms with Gasteiger partial charge < -0.3 is 9.47 Å². The molecule has 138 valence electrons. The summed E-state index contributed by atoms with van der Waals surface area (Å²) in [5.74, 6) is -0.788. The molecular weight excluding hydrogens is 356 g/mol. The summed E-state index contributed by atoms with van der Waals surface area (Å²) in [6.07, 6.45) is 0. The first-order valence-electron chi connectivity index (χ1n) is 7.91. The molecule has 3 rings (SSSR count). The third kappa shape index (κ3) is 3.44. The lowest BCUT2D eigenvalue weighted by Crippen LogP contribution is -2.01. The molecule has 7 heteroatoms. The van der Waals surface area contributed by atoms with E-state index in [0.717, 1.165) is 0 Å². The summed E-state index contributed by atoms with van der Waals surface area (Å²) < 4.78 is 37.2. The van der Waals surface area contributed by atoms with E-state index in [1.165, 1.54) is 62.8 Å². The molecule has 0 heterocycles. The van der Waals surface area contributed by atoms with E-state index < -0.39 is 16.6 Å². The van der Waals surface area contributed by atoms with Crippen LogP contribution in [0.5, 0.6) is 11.5 Å². The second-order valence-electron chi connectivity index (χ2n) is 5.65. The van der Waals surface area contributed by atoms with E-state index in [1.54, 1.807) is 6.07 Å². The fraction of sp³-hybridized carbons (Fsp3) is 0.100. The molecule has 5 nitrogen and oxygen atoms in total. The van der Waals surface area contributed by atoms with Gasteiger partial charge in [0.25, 0.3) is 0 Å². The Morgan fingerprint density at radius 3 is 1.81 bits per heavy atom. The van der Waals surface area contributed by atoms with Gasteiger partial charge in [0.15, 0.2) is 5.75 Å². The molecule has 3 aromatic carbocycles. The molecule has 0 amide bonds. The van der Waals surface area contributed by atoms with Gasteiger partial charge in [0.05, 0.1) is 24.7 Å². The summed E-state index contributed by atoms with van der Waals surface area (Å²) >= 11 is 0. The van der Waals surface area contributed by atoms with Crippen LogP contribution >= 0.6 is 0 Å². The molecule has 0 atom stereocenters. The first kappa shape index (κ1) is 18.3. The monoisotopic (exact) mass is 371 g/mol. The normalized spacial score (nSPS) is 10.5. The quantitative estimate of drug-likeness (QED) is 0.455. The second-order valence-corrected chi connectivity index (χ2v) is 5.65. The lowest BCUT2D eigenvalue weighted by molar-refractivity contribution is -0.385. The van der Waals surface area contributed by atoms with Gasteiger partial charge in [-0.2, -0.15) is 0 Å². The van der Waals surface area contributed by atoms with E-state index in [2.05, 4.69) is 0 Å². The van der Waals surface area contributed by atoms with Crippen LogP contribution in [0.3, 0.4) is 0 Å². The van der Waals surface area contributed by atoms with E-state index in [1.807, 2.05) is 0 Å². The van der Waals surface area contributed by atoms with Gasteiger partial charge in [0, 0.05) is 5.56 Å². The predicted molar refractivity (Wildman–Crippen MR) is 97.0 cm³/mol. The van der Waals surface area contributed by atoms with Crippen LogP contribution < -0.4 is 9.47 Å². The fourth-order valence-electron chi connectivity index (χ4n) is 2.92. The van der Waals surface area contributed by atoms with Gasteiger partial charge >= 0.3 is 5.69 Å². The molecule has 0 N–H and O–H groups in total. The average molecular weight is 371 g/mol. The molecule has 0 aliphatic rings. The zero-order valence-electron chi connectivity index (χ0n) is 14.5. The molecule has 3 aromatic rings. The Morgan fingerprint density at radius 1 is 0.852 bits per heavy atom. The third-order valence-electron chi connectivity index (χ3n) is 4.12. The molecule has 0 fully saturated rings. The molecule has 0 unspecified atom stereocenters. The highest BCUT2D eigenvalue weighted by molar-refractivity contribution is 5.93. The minimum absolute atomic E-state index is 0.0484. The van der Waals surface area contributed by atoms with Crippen molar-refractivity contribution in [3.63, 3.8) is 0 Å². The minimum Gasteiger partial charge on any atom is -0.493 e. The van der Waals surface area contributed by atoms with Crippen LogP contribution in [0.25, 0.3) is 22.3 Å². The maximum Gasteiger partial charge on any atom is 0.323 e. The van der Waals surface area contributed by atoms with Gasteiger partial charge in [0.2, 0.25) is 5.75 Å². The van der Waals surface area contributed by atoms with Crippen molar-refractivity contribution in [1.29, 1.82) is 0 Å².